The maximum atomic E-state index is 14.2. The number of carbonyl (C=O) groups is 1. The van der Waals surface area contributed by atoms with Crippen LogP contribution in [0, 0.1) is 10.1 Å². The standard InChI is InChI=1S/C32H12BF24.C17H13N2O3/c34-25(35,36)13-1-14(26(37,38)39)6-21(5-13)33(22-7-15(27(40,41)42)2-16(8-22)28(43,44)45,23-9-17(29(46,47)48)3-18(10-23)30(49,50)51)24-11-19(31(52,53)54)4-20(12-24)32(55,56)57;20-16(14-7-2-1-3-8-14)12-18-15-9-5-4-6-13(15)10-11-17(18)19(21)22/h1-12H;1-11H,12H2/q-1;+1. The van der Waals surface area contributed by atoms with E-state index in [4.69, 9.17) is 0 Å². The molecule has 1 heterocycles. The number of aromatic nitrogens is 1. The number of benzene rings is 6. The molecule has 5 nitrogen and oxygen atoms in total. The van der Waals surface area contributed by atoms with E-state index < -0.39 is 200 Å². The molecule has 7 rings (SSSR count). The second-order valence-electron chi connectivity index (χ2n) is 17.1. The number of fused-ring (bicyclic) bond motifs is 1. The highest BCUT2D eigenvalue weighted by molar-refractivity contribution is 7.20. The van der Waals surface area contributed by atoms with Gasteiger partial charge in [-0.05, 0) is 36.4 Å². The number of Topliss-reactive ketones (excluding diaryl/α,β-unsaturated/α-hetero) is 1. The molecule has 7 aromatic rings. The van der Waals surface area contributed by atoms with Gasteiger partial charge in [0.25, 0.3) is 0 Å². The first kappa shape index (κ1) is 60.4. The van der Waals surface area contributed by atoms with Crippen molar-refractivity contribution in [1.29, 1.82) is 0 Å². The van der Waals surface area contributed by atoms with Gasteiger partial charge in [0.15, 0.2) is 0 Å². The van der Waals surface area contributed by atoms with Crippen molar-refractivity contribution in [3.05, 3.63) is 200 Å². The van der Waals surface area contributed by atoms with Crippen LogP contribution < -0.4 is 26.4 Å². The molecule has 30 heteroatoms. The van der Waals surface area contributed by atoms with Crippen LogP contribution in [0.5, 0.6) is 0 Å². The van der Waals surface area contributed by atoms with E-state index in [1.165, 1.54) is 10.6 Å². The van der Waals surface area contributed by atoms with Crippen LogP contribution >= 0.6 is 0 Å². The van der Waals surface area contributed by atoms with Crippen molar-refractivity contribution in [2.75, 3.05) is 0 Å². The lowest BCUT2D eigenvalue weighted by Gasteiger charge is -2.46. The van der Waals surface area contributed by atoms with Crippen LogP contribution in [0.3, 0.4) is 0 Å². The van der Waals surface area contributed by atoms with E-state index >= 15 is 0 Å². The van der Waals surface area contributed by atoms with Gasteiger partial charge in [0.1, 0.15) is 11.1 Å². The monoisotopic (exact) mass is 1160 g/mol. The lowest BCUT2D eigenvalue weighted by molar-refractivity contribution is -0.703. The zero-order valence-electron chi connectivity index (χ0n) is 38.3. The highest BCUT2D eigenvalue weighted by Gasteiger charge is 2.47. The molecule has 0 aliphatic rings. The molecule has 420 valence electrons. The molecule has 0 unspecified atom stereocenters. The Balaban J connectivity index is 0.000000378. The number of halogens is 24. The van der Waals surface area contributed by atoms with E-state index in [1.807, 2.05) is 18.2 Å². The molecule has 0 spiro atoms. The first-order valence-corrected chi connectivity index (χ1v) is 21.4. The van der Waals surface area contributed by atoms with Crippen molar-refractivity contribution >= 4 is 50.5 Å². The molecule has 0 atom stereocenters. The van der Waals surface area contributed by atoms with E-state index in [9.17, 15) is 120 Å². The Morgan fingerprint density at radius 2 is 0.646 bits per heavy atom. The van der Waals surface area contributed by atoms with Crippen molar-refractivity contribution in [2.45, 2.75) is 56.0 Å². The lowest BCUT2D eigenvalue weighted by Crippen LogP contribution is -2.75. The second kappa shape index (κ2) is 20.8. The molecule has 6 aromatic carbocycles. The van der Waals surface area contributed by atoms with Gasteiger partial charge in [-0.3, -0.25) is 14.9 Å². The van der Waals surface area contributed by atoms with Gasteiger partial charge >= 0.3 is 55.2 Å². The zero-order valence-corrected chi connectivity index (χ0v) is 38.3. The number of pyridine rings is 1. The van der Waals surface area contributed by atoms with Gasteiger partial charge in [-0.1, -0.05) is 91.0 Å². The molecule has 0 bridgehead atoms. The summed E-state index contributed by atoms with van der Waals surface area (Å²) in [6.07, 6.45) is -54.8. The summed E-state index contributed by atoms with van der Waals surface area (Å²) in [7, 11) is 0. The Labute approximate surface area is 425 Å². The molecule has 0 amide bonds. The number of hydrogen-bond donors (Lipinski definition) is 0. The van der Waals surface area contributed by atoms with Gasteiger partial charge in [0.2, 0.25) is 17.8 Å². The molecular formula is C49H25BF24N2O3. The van der Waals surface area contributed by atoms with Gasteiger partial charge in [-0.2, -0.15) is 127 Å². The molecule has 0 saturated heterocycles. The average Bonchev–Trinajstić information content (AvgIpc) is 3.54. The van der Waals surface area contributed by atoms with Gasteiger partial charge in [-0.25, -0.2) is 0 Å². The Hall–Kier alpha value is -7.82. The van der Waals surface area contributed by atoms with Crippen molar-refractivity contribution in [2.24, 2.45) is 0 Å². The number of alkyl halides is 24. The predicted octanol–water partition coefficient (Wildman–Crippen LogP) is 14.1. The molecule has 1 aromatic heterocycles. The van der Waals surface area contributed by atoms with E-state index in [1.54, 1.807) is 42.5 Å². The van der Waals surface area contributed by atoms with Crippen molar-refractivity contribution < 1.29 is 120 Å². The van der Waals surface area contributed by atoms with Gasteiger partial charge in [0.05, 0.1) is 50.6 Å². The molecule has 79 heavy (non-hydrogen) atoms. The van der Waals surface area contributed by atoms with Crippen LogP contribution in [0.1, 0.15) is 54.9 Å². The number of nitro groups is 1. The van der Waals surface area contributed by atoms with Crippen LogP contribution in [0.25, 0.3) is 10.9 Å². The summed E-state index contributed by atoms with van der Waals surface area (Å²) in [5.74, 6) is -0.256. The molecule has 0 saturated carbocycles. The average molecular weight is 1160 g/mol. The summed E-state index contributed by atoms with van der Waals surface area (Å²) in [5, 5.41) is 12.1. The third-order valence-electron chi connectivity index (χ3n) is 11.9. The second-order valence-corrected chi connectivity index (χ2v) is 17.1. The first-order chi connectivity index (χ1) is 35.9. The van der Waals surface area contributed by atoms with Crippen LogP contribution in [-0.4, -0.2) is 16.9 Å². The fraction of sp³-hybridized carbons (Fsp3) is 0.184. The molecule has 0 fully saturated rings. The number of ketones is 1. The number of rotatable bonds is 8. The maximum Gasteiger partial charge on any atom is 0.502 e. The lowest BCUT2D eigenvalue weighted by atomic mass is 9.12. The highest BCUT2D eigenvalue weighted by atomic mass is 19.4. The van der Waals surface area contributed by atoms with Gasteiger partial charge in [-0.15, -0.1) is 4.57 Å². The highest BCUT2D eigenvalue weighted by Crippen LogP contribution is 2.41. The predicted molar refractivity (Wildman–Crippen MR) is 232 cm³/mol. The Morgan fingerprint density at radius 3 is 0.911 bits per heavy atom. The first-order valence-electron chi connectivity index (χ1n) is 21.4. The fourth-order valence-electron chi connectivity index (χ4n) is 8.51. The number of para-hydroxylation sites is 1. The Morgan fingerprint density at radius 1 is 0.380 bits per heavy atom. The topological polar surface area (TPSA) is 64.1 Å². The largest absolute Gasteiger partial charge is 0.502 e. The van der Waals surface area contributed by atoms with Gasteiger partial charge < -0.3 is 0 Å². The summed E-state index contributed by atoms with van der Waals surface area (Å²) in [5.41, 5.74) is -29.0. The number of carbonyl (C=O) groups excluding carboxylic acids is 1. The van der Waals surface area contributed by atoms with Crippen LogP contribution in [0.15, 0.2) is 140 Å². The molecule has 0 aliphatic heterocycles. The van der Waals surface area contributed by atoms with Crippen LogP contribution in [0.2, 0.25) is 0 Å². The maximum absolute atomic E-state index is 14.2. The number of nitrogens with zero attached hydrogens (tertiary/aromatic N) is 2. The summed E-state index contributed by atoms with van der Waals surface area (Å²) in [6.45, 7) is -0.0678. The Kier molecular flexibility index (Phi) is 15.9. The van der Waals surface area contributed by atoms with E-state index in [0.29, 0.717) is 11.1 Å². The molecule has 0 radical (unpaired) electrons. The Bertz CT molecular complexity index is 2990. The molecule has 0 aliphatic carbocycles. The van der Waals surface area contributed by atoms with Crippen molar-refractivity contribution in [3.8, 4) is 0 Å². The summed E-state index contributed by atoms with van der Waals surface area (Å²) >= 11 is 0. The fourth-order valence-corrected chi connectivity index (χ4v) is 8.51. The zero-order chi connectivity index (χ0) is 59.4. The summed E-state index contributed by atoms with van der Waals surface area (Å²) in [6, 6.07) is 10.4. The van der Waals surface area contributed by atoms with Crippen molar-refractivity contribution in [1.82, 2.24) is 0 Å². The third-order valence-corrected chi connectivity index (χ3v) is 11.9. The minimum Gasteiger partial charge on any atom is -0.287 e. The van der Waals surface area contributed by atoms with Crippen LogP contribution in [0.4, 0.5) is 111 Å². The smallest absolute Gasteiger partial charge is 0.287 e. The van der Waals surface area contributed by atoms with E-state index in [0.717, 1.165) is 5.39 Å². The van der Waals surface area contributed by atoms with E-state index in [-0.39, 0.29) is 18.1 Å². The van der Waals surface area contributed by atoms with Gasteiger partial charge in [0, 0.05) is 17.0 Å². The minimum absolute atomic E-state index is 0.0678. The molecular weight excluding hydrogens is 1130 g/mol. The third kappa shape index (κ3) is 13.4. The van der Waals surface area contributed by atoms with Crippen LogP contribution in [-0.2, 0) is 56.0 Å². The summed E-state index contributed by atoms with van der Waals surface area (Å²) < 4.78 is 342. The quantitative estimate of drug-likeness (QED) is 0.0380. The van der Waals surface area contributed by atoms with E-state index in [2.05, 4.69) is 0 Å². The minimum atomic E-state index is -6.13. The van der Waals surface area contributed by atoms with Crippen molar-refractivity contribution in [3.63, 3.8) is 0 Å². The normalized spacial score (nSPS) is 13.3. The number of hydrogen-bond acceptors (Lipinski definition) is 3. The summed E-state index contributed by atoms with van der Waals surface area (Å²) in [4.78, 5) is 23.2. The molecule has 0 N–H and O–H groups in total. The SMILES string of the molecule is FC(F)(F)c1cc([B-](c2cc(C(F)(F)F)cc(C(F)(F)F)c2)(c2cc(C(F)(F)F)cc(C(F)(F)F)c2)c2cc(C(F)(F)F)cc(C(F)(F)F)c2)cc(C(F)(F)F)c1.O=C(C[n+]1c([N+](=O)[O-])ccc2ccccc21)c1ccccc1.